The summed E-state index contributed by atoms with van der Waals surface area (Å²) >= 11 is 0. The summed E-state index contributed by atoms with van der Waals surface area (Å²) in [6, 6.07) is 0. The van der Waals surface area contributed by atoms with Crippen LogP contribution in [0.5, 0.6) is 0 Å². The summed E-state index contributed by atoms with van der Waals surface area (Å²) in [6.45, 7) is 5.28. The quantitative estimate of drug-likeness (QED) is 0.534. The van der Waals surface area contributed by atoms with E-state index in [2.05, 4.69) is 6.92 Å². The highest BCUT2D eigenvalue weighted by Crippen LogP contribution is 2.26. The van der Waals surface area contributed by atoms with Crippen LogP contribution in [0.15, 0.2) is 0 Å². The van der Waals surface area contributed by atoms with Crippen LogP contribution in [0.3, 0.4) is 0 Å². The molecular weight excluding hydrogens is 208 g/mol. The van der Waals surface area contributed by atoms with Crippen LogP contribution in [0.2, 0.25) is 0 Å². The lowest BCUT2D eigenvalue weighted by Gasteiger charge is -2.33. The molecule has 0 radical (unpaired) electrons. The zero-order valence-corrected chi connectivity index (χ0v) is 10.2. The fourth-order valence-electron chi connectivity index (χ4n) is 1.72. The first-order chi connectivity index (χ1) is 7.49. The molecule has 2 unspecified atom stereocenters. The van der Waals surface area contributed by atoms with E-state index in [9.17, 15) is 9.59 Å². The summed E-state index contributed by atoms with van der Waals surface area (Å²) in [4.78, 5) is 23.0. The Bertz CT molecular complexity index is 274. The largest absolute Gasteiger partial charge is 0.448 e. The summed E-state index contributed by atoms with van der Waals surface area (Å²) in [6.07, 6.45) is 3.97. The lowest BCUT2D eigenvalue weighted by atomic mass is 9.96. The second-order valence-corrected chi connectivity index (χ2v) is 4.51. The Labute approximate surface area is 96.3 Å². The molecule has 0 aliphatic carbocycles. The number of rotatable bonds is 5. The first kappa shape index (κ1) is 13.0. The van der Waals surface area contributed by atoms with Gasteiger partial charge in [0.05, 0.1) is 0 Å². The molecule has 0 aromatic carbocycles. The number of unbranched alkanes of at least 4 members (excludes halogenated alkanes) is 3. The number of esters is 2. The van der Waals surface area contributed by atoms with Crippen molar-refractivity contribution in [2.45, 2.75) is 64.6 Å². The van der Waals surface area contributed by atoms with Gasteiger partial charge in [-0.05, 0) is 26.7 Å². The third-order valence-electron chi connectivity index (χ3n) is 2.88. The SMILES string of the molecule is CCCCCCC1(C)OC(=O)C(C)OC1=O. The Balaban J connectivity index is 2.48. The van der Waals surface area contributed by atoms with Crippen molar-refractivity contribution in [2.75, 3.05) is 0 Å². The zero-order chi connectivity index (χ0) is 12.2. The van der Waals surface area contributed by atoms with Crippen LogP contribution in [0.1, 0.15) is 52.9 Å². The van der Waals surface area contributed by atoms with Crippen LogP contribution >= 0.6 is 0 Å². The predicted molar refractivity (Wildman–Crippen MR) is 58.8 cm³/mol. The molecule has 0 aromatic heterocycles. The van der Waals surface area contributed by atoms with Gasteiger partial charge in [-0.3, -0.25) is 0 Å². The van der Waals surface area contributed by atoms with E-state index >= 15 is 0 Å². The first-order valence-corrected chi connectivity index (χ1v) is 5.93. The molecule has 1 saturated heterocycles. The Morgan fingerprint density at radius 3 is 2.56 bits per heavy atom. The third kappa shape index (κ3) is 2.97. The van der Waals surface area contributed by atoms with Gasteiger partial charge in [-0.2, -0.15) is 0 Å². The van der Waals surface area contributed by atoms with Gasteiger partial charge in [0.1, 0.15) is 0 Å². The molecule has 1 fully saturated rings. The van der Waals surface area contributed by atoms with Crippen LogP contribution in [0, 0.1) is 0 Å². The monoisotopic (exact) mass is 228 g/mol. The fourth-order valence-corrected chi connectivity index (χ4v) is 1.72. The molecule has 0 spiro atoms. The van der Waals surface area contributed by atoms with Gasteiger partial charge in [-0.25, -0.2) is 9.59 Å². The number of carbonyl (C=O) groups is 2. The summed E-state index contributed by atoms with van der Waals surface area (Å²) in [5.41, 5.74) is -1.07. The maximum Gasteiger partial charge on any atom is 0.351 e. The van der Waals surface area contributed by atoms with E-state index in [1.54, 1.807) is 6.92 Å². The molecular formula is C12H20O4. The molecule has 0 saturated carbocycles. The summed E-state index contributed by atoms with van der Waals surface area (Å²) in [5, 5.41) is 0. The van der Waals surface area contributed by atoms with E-state index in [1.807, 2.05) is 0 Å². The van der Waals surface area contributed by atoms with Crippen molar-refractivity contribution in [3.8, 4) is 0 Å². The number of hydrogen-bond donors (Lipinski definition) is 0. The van der Waals surface area contributed by atoms with Crippen molar-refractivity contribution in [1.29, 1.82) is 0 Å². The Morgan fingerprint density at radius 1 is 1.25 bits per heavy atom. The second-order valence-electron chi connectivity index (χ2n) is 4.51. The molecule has 1 aliphatic heterocycles. The van der Waals surface area contributed by atoms with Crippen molar-refractivity contribution in [1.82, 2.24) is 0 Å². The lowest BCUT2D eigenvalue weighted by Crippen LogP contribution is -2.51. The van der Waals surface area contributed by atoms with Crippen LogP contribution in [0.4, 0.5) is 0 Å². The van der Waals surface area contributed by atoms with Gasteiger partial charge in [0, 0.05) is 0 Å². The zero-order valence-electron chi connectivity index (χ0n) is 10.2. The highest BCUT2D eigenvalue weighted by molar-refractivity contribution is 5.89. The highest BCUT2D eigenvalue weighted by atomic mass is 16.7. The topological polar surface area (TPSA) is 52.6 Å². The smallest absolute Gasteiger partial charge is 0.351 e. The van der Waals surface area contributed by atoms with Gasteiger partial charge in [0.25, 0.3) is 0 Å². The van der Waals surface area contributed by atoms with E-state index in [0.717, 1.165) is 25.7 Å². The second kappa shape index (κ2) is 5.32. The van der Waals surface area contributed by atoms with Crippen LogP contribution in [0.25, 0.3) is 0 Å². The van der Waals surface area contributed by atoms with Crippen molar-refractivity contribution in [3.05, 3.63) is 0 Å². The molecule has 4 nitrogen and oxygen atoms in total. The molecule has 16 heavy (non-hydrogen) atoms. The molecule has 0 N–H and O–H groups in total. The minimum absolute atomic E-state index is 0.420. The molecule has 1 aliphatic rings. The van der Waals surface area contributed by atoms with Gasteiger partial charge in [0.2, 0.25) is 5.60 Å². The molecule has 4 heteroatoms. The van der Waals surface area contributed by atoms with Gasteiger partial charge in [-0.1, -0.05) is 26.2 Å². The highest BCUT2D eigenvalue weighted by Gasteiger charge is 2.45. The van der Waals surface area contributed by atoms with Crippen LogP contribution in [-0.2, 0) is 19.1 Å². The maximum absolute atomic E-state index is 11.6. The Morgan fingerprint density at radius 2 is 1.94 bits per heavy atom. The molecule has 0 amide bonds. The van der Waals surface area contributed by atoms with Crippen LogP contribution in [-0.4, -0.2) is 23.6 Å². The average molecular weight is 228 g/mol. The Hall–Kier alpha value is -1.06. The summed E-state index contributed by atoms with van der Waals surface area (Å²) in [5.74, 6) is -0.867. The molecule has 1 rings (SSSR count). The minimum atomic E-state index is -1.07. The number of hydrogen-bond acceptors (Lipinski definition) is 4. The summed E-state index contributed by atoms with van der Waals surface area (Å²) < 4.78 is 10.1. The van der Waals surface area contributed by atoms with Gasteiger partial charge >= 0.3 is 11.9 Å². The summed E-state index contributed by atoms with van der Waals surface area (Å²) in [7, 11) is 0. The Kier molecular flexibility index (Phi) is 4.33. The minimum Gasteiger partial charge on any atom is -0.448 e. The number of ether oxygens (including phenoxy) is 2. The van der Waals surface area contributed by atoms with E-state index < -0.39 is 23.6 Å². The first-order valence-electron chi connectivity index (χ1n) is 5.93. The van der Waals surface area contributed by atoms with Gasteiger partial charge in [-0.15, -0.1) is 0 Å². The molecule has 0 aromatic rings. The number of carbonyl (C=O) groups excluding carboxylic acids is 2. The van der Waals surface area contributed by atoms with Crippen LogP contribution < -0.4 is 0 Å². The maximum atomic E-state index is 11.6. The molecule has 92 valence electrons. The predicted octanol–water partition coefficient (Wildman–Crippen LogP) is 2.20. The van der Waals surface area contributed by atoms with E-state index in [1.165, 1.54) is 6.92 Å². The van der Waals surface area contributed by atoms with Crippen molar-refractivity contribution >= 4 is 11.9 Å². The van der Waals surface area contributed by atoms with Gasteiger partial charge < -0.3 is 9.47 Å². The molecule has 0 bridgehead atoms. The van der Waals surface area contributed by atoms with Crippen molar-refractivity contribution in [2.24, 2.45) is 0 Å². The van der Waals surface area contributed by atoms with Crippen molar-refractivity contribution < 1.29 is 19.1 Å². The van der Waals surface area contributed by atoms with Gasteiger partial charge in [0.15, 0.2) is 6.10 Å². The number of cyclic esters (lactones) is 2. The van der Waals surface area contributed by atoms with E-state index in [4.69, 9.17) is 9.47 Å². The lowest BCUT2D eigenvalue weighted by molar-refractivity contribution is -0.208. The molecule has 1 heterocycles. The fraction of sp³-hybridized carbons (Fsp3) is 0.833. The van der Waals surface area contributed by atoms with E-state index in [0.29, 0.717) is 6.42 Å². The average Bonchev–Trinajstić information content (AvgIpc) is 2.22. The van der Waals surface area contributed by atoms with E-state index in [-0.39, 0.29) is 0 Å². The molecule has 2 atom stereocenters. The van der Waals surface area contributed by atoms with Crippen molar-refractivity contribution in [3.63, 3.8) is 0 Å². The standard InChI is InChI=1S/C12H20O4/c1-4-5-6-7-8-12(3)11(14)15-9(2)10(13)16-12/h9H,4-8H2,1-3H3. The third-order valence-corrected chi connectivity index (χ3v) is 2.88. The normalized spacial score (nSPS) is 29.8.